The summed E-state index contributed by atoms with van der Waals surface area (Å²) in [5.41, 5.74) is 1.10. The fourth-order valence-electron chi connectivity index (χ4n) is 4.41. The molecule has 2 bridgehead atoms. The first-order chi connectivity index (χ1) is 9.65. The Morgan fingerprint density at radius 1 is 1.30 bits per heavy atom. The third-order valence-electron chi connectivity index (χ3n) is 5.15. The van der Waals surface area contributed by atoms with Crippen molar-refractivity contribution in [3.63, 3.8) is 0 Å². The number of hydrogen-bond acceptors (Lipinski definition) is 1. The van der Waals surface area contributed by atoms with E-state index in [1.165, 1.54) is 31.7 Å². The molecule has 2 saturated carbocycles. The van der Waals surface area contributed by atoms with Crippen molar-refractivity contribution < 1.29 is 4.39 Å². The average molecular weight is 340 g/mol. The number of nitrogens with one attached hydrogen (secondary N) is 1. The molecule has 2 aliphatic carbocycles. The van der Waals surface area contributed by atoms with Crippen LogP contribution in [0.4, 0.5) is 4.39 Å². The van der Waals surface area contributed by atoms with E-state index in [0.29, 0.717) is 6.04 Å². The van der Waals surface area contributed by atoms with Gasteiger partial charge in [-0.05, 0) is 73.7 Å². The highest BCUT2D eigenvalue weighted by atomic mass is 79.9. The average Bonchev–Trinajstić information content (AvgIpc) is 2.99. The van der Waals surface area contributed by atoms with E-state index in [0.717, 1.165) is 40.8 Å². The molecule has 1 N–H and O–H groups in total. The van der Waals surface area contributed by atoms with Gasteiger partial charge < -0.3 is 5.32 Å². The topological polar surface area (TPSA) is 12.0 Å². The first-order valence-electron chi connectivity index (χ1n) is 7.84. The SMILES string of the molecule is CCNC(Cc1cc(F)cc(Br)c1)C1CC2CCC1C2. The molecule has 0 radical (unpaired) electrons. The third-order valence-corrected chi connectivity index (χ3v) is 5.61. The minimum absolute atomic E-state index is 0.141. The van der Waals surface area contributed by atoms with Gasteiger partial charge in [0.1, 0.15) is 5.82 Å². The molecule has 0 aliphatic heterocycles. The minimum atomic E-state index is -0.141. The van der Waals surface area contributed by atoms with Crippen molar-refractivity contribution in [2.75, 3.05) is 6.54 Å². The van der Waals surface area contributed by atoms with Crippen LogP contribution >= 0.6 is 15.9 Å². The van der Waals surface area contributed by atoms with Crippen molar-refractivity contribution in [2.45, 2.75) is 45.1 Å². The van der Waals surface area contributed by atoms with Crippen molar-refractivity contribution in [2.24, 2.45) is 17.8 Å². The van der Waals surface area contributed by atoms with Crippen molar-refractivity contribution in [1.82, 2.24) is 5.32 Å². The summed E-state index contributed by atoms with van der Waals surface area (Å²) in [6.45, 7) is 3.16. The lowest BCUT2D eigenvalue weighted by Gasteiger charge is -2.31. The Bertz CT molecular complexity index is 456. The smallest absolute Gasteiger partial charge is 0.124 e. The number of benzene rings is 1. The molecule has 1 nitrogen and oxygen atoms in total. The summed E-state index contributed by atoms with van der Waals surface area (Å²) >= 11 is 3.40. The molecule has 0 spiro atoms. The summed E-state index contributed by atoms with van der Waals surface area (Å²) in [5, 5.41) is 3.66. The van der Waals surface area contributed by atoms with E-state index in [4.69, 9.17) is 0 Å². The van der Waals surface area contributed by atoms with E-state index in [1.54, 1.807) is 6.07 Å². The monoisotopic (exact) mass is 339 g/mol. The first-order valence-corrected chi connectivity index (χ1v) is 8.63. The van der Waals surface area contributed by atoms with E-state index in [9.17, 15) is 4.39 Å². The van der Waals surface area contributed by atoms with Crippen LogP contribution in [-0.4, -0.2) is 12.6 Å². The van der Waals surface area contributed by atoms with Crippen LogP contribution in [0.5, 0.6) is 0 Å². The standard InChI is InChI=1S/C17H23BrFN/c1-2-20-17(16-8-11-3-4-13(16)5-11)9-12-6-14(18)10-15(19)7-12/h6-7,10-11,13,16-17,20H,2-5,8-9H2,1H3. The van der Waals surface area contributed by atoms with Gasteiger partial charge in [0.2, 0.25) is 0 Å². The fraction of sp³-hybridized carbons (Fsp3) is 0.647. The van der Waals surface area contributed by atoms with Crippen LogP contribution in [0.2, 0.25) is 0 Å². The maximum Gasteiger partial charge on any atom is 0.124 e. The minimum Gasteiger partial charge on any atom is -0.314 e. The predicted molar refractivity (Wildman–Crippen MR) is 84.2 cm³/mol. The normalized spacial score (nSPS) is 29.9. The van der Waals surface area contributed by atoms with Crippen molar-refractivity contribution in [3.05, 3.63) is 34.1 Å². The van der Waals surface area contributed by atoms with Gasteiger partial charge in [0, 0.05) is 10.5 Å². The van der Waals surface area contributed by atoms with E-state index in [2.05, 4.69) is 34.2 Å². The molecule has 110 valence electrons. The Hall–Kier alpha value is -0.410. The molecule has 20 heavy (non-hydrogen) atoms. The molecule has 1 aromatic rings. The maximum atomic E-state index is 13.5. The van der Waals surface area contributed by atoms with E-state index >= 15 is 0 Å². The lowest BCUT2D eigenvalue weighted by molar-refractivity contribution is 0.249. The van der Waals surface area contributed by atoms with Gasteiger partial charge >= 0.3 is 0 Å². The fourth-order valence-corrected chi connectivity index (χ4v) is 4.92. The van der Waals surface area contributed by atoms with Crippen LogP contribution in [0.25, 0.3) is 0 Å². The highest BCUT2D eigenvalue weighted by Gasteiger charge is 2.42. The van der Waals surface area contributed by atoms with Gasteiger partial charge in [0.15, 0.2) is 0 Å². The molecule has 2 aliphatic rings. The summed E-state index contributed by atoms with van der Waals surface area (Å²) in [7, 11) is 0. The summed E-state index contributed by atoms with van der Waals surface area (Å²) in [6, 6.07) is 5.77. The molecule has 1 aromatic carbocycles. The maximum absolute atomic E-state index is 13.5. The number of hydrogen-bond donors (Lipinski definition) is 1. The zero-order valence-electron chi connectivity index (χ0n) is 12.0. The zero-order chi connectivity index (χ0) is 14.1. The molecule has 0 saturated heterocycles. The Kier molecular flexibility index (Phi) is 4.46. The molecule has 3 rings (SSSR count). The molecule has 4 atom stereocenters. The second-order valence-corrected chi connectivity index (χ2v) is 7.40. The number of halogens is 2. The predicted octanol–water partition coefficient (Wildman–Crippen LogP) is 4.55. The van der Waals surface area contributed by atoms with E-state index in [-0.39, 0.29) is 5.82 Å². The molecular formula is C17H23BrFN. The Labute approximate surface area is 129 Å². The second-order valence-electron chi connectivity index (χ2n) is 6.48. The van der Waals surface area contributed by atoms with Crippen molar-refractivity contribution >= 4 is 15.9 Å². The lowest BCUT2D eigenvalue weighted by Crippen LogP contribution is -2.40. The van der Waals surface area contributed by atoms with Crippen LogP contribution < -0.4 is 5.32 Å². The van der Waals surface area contributed by atoms with Crippen LogP contribution in [0.3, 0.4) is 0 Å². The molecule has 2 fully saturated rings. The van der Waals surface area contributed by atoms with E-state index < -0.39 is 0 Å². The number of likely N-dealkylation sites (N-methyl/N-ethyl adjacent to an activating group) is 1. The van der Waals surface area contributed by atoms with Gasteiger partial charge in [-0.25, -0.2) is 4.39 Å². The number of fused-ring (bicyclic) bond motifs is 2. The van der Waals surface area contributed by atoms with Crippen LogP contribution in [0.1, 0.15) is 38.2 Å². The summed E-state index contributed by atoms with van der Waals surface area (Å²) in [6.07, 6.45) is 6.59. The largest absolute Gasteiger partial charge is 0.314 e. The summed E-state index contributed by atoms with van der Waals surface area (Å²) in [5.74, 6) is 2.51. The Balaban J connectivity index is 1.73. The van der Waals surface area contributed by atoms with Gasteiger partial charge in [-0.3, -0.25) is 0 Å². The highest BCUT2D eigenvalue weighted by molar-refractivity contribution is 9.10. The van der Waals surface area contributed by atoms with Crippen LogP contribution in [-0.2, 0) is 6.42 Å². The lowest BCUT2D eigenvalue weighted by atomic mass is 9.81. The van der Waals surface area contributed by atoms with Crippen molar-refractivity contribution in [1.29, 1.82) is 0 Å². The van der Waals surface area contributed by atoms with Gasteiger partial charge in [0.05, 0.1) is 0 Å². The Morgan fingerprint density at radius 3 is 2.75 bits per heavy atom. The van der Waals surface area contributed by atoms with Gasteiger partial charge in [0.25, 0.3) is 0 Å². The van der Waals surface area contributed by atoms with Crippen LogP contribution in [0, 0.1) is 23.6 Å². The van der Waals surface area contributed by atoms with Gasteiger partial charge in [-0.1, -0.05) is 29.3 Å². The second kappa shape index (κ2) is 6.15. The number of rotatable bonds is 5. The van der Waals surface area contributed by atoms with Gasteiger partial charge in [-0.2, -0.15) is 0 Å². The van der Waals surface area contributed by atoms with Crippen molar-refractivity contribution in [3.8, 4) is 0 Å². The molecular weight excluding hydrogens is 317 g/mol. The van der Waals surface area contributed by atoms with Crippen LogP contribution in [0.15, 0.2) is 22.7 Å². The zero-order valence-corrected chi connectivity index (χ0v) is 13.6. The van der Waals surface area contributed by atoms with Gasteiger partial charge in [-0.15, -0.1) is 0 Å². The molecule has 4 unspecified atom stereocenters. The molecule has 3 heteroatoms. The molecule has 0 heterocycles. The van der Waals surface area contributed by atoms with E-state index in [1.807, 2.05) is 0 Å². The summed E-state index contributed by atoms with van der Waals surface area (Å²) < 4.78 is 14.4. The highest BCUT2D eigenvalue weighted by Crippen LogP contribution is 2.49. The third kappa shape index (κ3) is 3.09. The quantitative estimate of drug-likeness (QED) is 0.829. The molecule has 0 aromatic heterocycles. The Morgan fingerprint density at radius 2 is 2.15 bits per heavy atom. The first kappa shape index (κ1) is 14.5. The molecule has 0 amide bonds. The summed E-state index contributed by atoms with van der Waals surface area (Å²) in [4.78, 5) is 0.